The van der Waals surface area contributed by atoms with Crippen LogP contribution in [0.4, 0.5) is 15.9 Å². The monoisotopic (exact) mass is 461 g/mol. The Balaban J connectivity index is 1.40. The molecule has 0 aliphatic carbocycles. The van der Waals surface area contributed by atoms with Gasteiger partial charge in [-0.2, -0.15) is 10.2 Å². The molecule has 4 N–H and O–H groups in total. The van der Waals surface area contributed by atoms with Crippen molar-refractivity contribution >= 4 is 29.0 Å². The number of anilines is 2. The number of hydrogen-bond acceptors (Lipinski definition) is 8. The predicted octanol–water partition coefficient (Wildman–Crippen LogP) is 1.21. The molecule has 11 nitrogen and oxygen atoms in total. The van der Waals surface area contributed by atoms with Gasteiger partial charge in [-0.05, 0) is 17.7 Å². The molecule has 34 heavy (non-hydrogen) atoms. The molecule has 4 heterocycles. The Labute approximate surface area is 192 Å². The molecule has 1 fully saturated rings. The summed E-state index contributed by atoms with van der Waals surface area (Å²) in [6, 6.07) is 7.06. The Hall–Kier alpha value is -4.45. The van der Waals surface area contributed by atoms with E-state index in [4.69, 9.17) is 5.73 Å². The molecule has 12 heteroatoms. The van der Waals surface area contributed by atoms with Gasteiger partial charge in [0.25, 0.3) is 11.8 Å². The number of fused-ring (bicyclic) bond motifs is 1. The lowest BCUT2D eigenvalue weighted by atomic mass is 10.0. The average Bonchev–Trinajstić information content (AvgIpc) is 3.19. The molecule has 0 spiro atoms. The van der Waals surface area contributed by atoms with Crippen molar-refractivity contribution in [3.05, 3.63) is 66.0 Å². The number of carbonyl (C=O) groups excluding carboxylic acids is 2. The smallest absolute Gasteiger partial charge is 0.263 e. The number of aromatic nitrogens is 5. The third-order valence-corrected chi connectivity index (χ3v) is 5.52. The zero-order valence-corrected chi connectivity index (χ0v) is 17.9. The topological polar surface area (TPSA) is 143 Å². The average molecular weight is 461 g/mol. The second kappa shape index (κ2) is 8.83. The molecule has 2 amide bonds. The summed E-state index contributed by atoms with van der Waals surface area (Å²) in [6.45, 7) is 2.88. The molecule has 0 atom stereocenters. The number of nitrogens with zero attached hydrogens (tertiary/aromatic N) is 6. The lowest BCUT2D eigenvalue weighted by Gasteiger charge is -2.27. The van der Waals surface area contributed by atoms with E-state index in [9.17, 15) is 14.0 Å². The van der Waals surface area contributed by atoms with Gasteiger partial charge < -0.3 is 21.3 Å². The summed E-state index contributed by atoms with van der Waals surface area (Å²) in [6.07, 6.45) is 4.98. The van der Waals surface area contributed by atoms with Crippen molar-refractivity contribution in [2.24, 2.45) is 0 Å². The normalized spacial score (nSPS) is 13.7. The van der Waals surface area contributed by atoms with Crippen LogP contribution in [-0.2, 0) is 0 Å². The third-order valence-electron chi connectivity index (χ3n) is 5.52. The van der Waals surface area contributed by atoms with Crippen LogP contribution in [0.15, 0.2) is 49.1 Å². The van der Waals surface area contributed by atoms with Gasteiger partial charge >= 0.3 is 0 Å². The molecule has 1 saturated heterocycles. The zero-order valence-electron chi connectivity index (χ0n) is 17.9. The zero-order chi connectivity index (χ0) is 23.7. The SMILES string of the molecule is Nc1nn2cc(F)cnc2c1C(=O)Nc1cnncc1-c1ccc(C(=O)N2CCNCC2)cc1. The number of nitrogen functional groups attached to an aromatic ring is 1. The summed E-state index contributed by atoms with van der Waals surface area (Å²) in [5, 5.41) is 17.7. The van der Waals surface area contributed by atoms with Crippen LogP contribution in [0.25, 0.3) is 16.8 Å². The lowest BCUT2D eigenvalue weighted by Crippen LogP contribution is -2.46. The number of benzene rings is 1. The molecule has 1 aromatic carbocycles. The van der Waals surface area contributed by atoms with E-state index in [1.807, 2.05) is 4.90 Å². The van der Waals surface area contributed by atoms with Gasteiger partial charge in [-0.15, -0.1) is 5.10 Å². The Morgan fingerprint density at radius 3 is 2.56 bits per heavy atom. The number of carbonyl (C=O) groups is 2. The molecule has 3 aromatic heterocycles. The number of halogens is 1. The molecular formula is C22H20FN9O2. The van der Waals surface area contributed by atoms with E-state index in [-0.39, 0.29) is 22.9 Å². The molecule has 1 aliphatic rings. The first-order valence-corrected chi connectivity index (χ1v) is 10.5. The largest absolute Gasteiger partial charge is 0.381 e. The van der Waals surface area contributed by atoms with Crippen LogP contribution in [0.2, 0.25) is 0 Å². The maximum atomic E-state index is 13.4. The van der Waals surface area contributed by atoms with Crippen LogP contribution in [-0.4, -0.2) is 67.7 Å². The summed E-state index contributed by atoms with van der Waals surface area (Å²) in [5.41, 5.74) is 8.31. The fourth-order valence-electron chi connectivity index (χ4n) is 3.83. The van der Waals surface area contributed by atoms with Gasteiger partial charge in [-0.25, -0.2) is 13.9 Å². The minimum Gasteiger partial charge on any atom is -0.381 e. The van der Waals surface area contributed by atoms with Crippen LogP contribution in [0, 0.1) is 5.82 Å². The Bertz CT molecular complexity index is 1380. The number of hydrogen-bond donors (Lipinski definition) is 3. The van der Waals surface area contributed by atoms with Crippen molar-refractivity contribution < 1.29 is 14.0 Å². The predicted molar refractivity (Wildman–Crippen MR) is 122 cm³/mol. The van der Waals surface area contributed by atoms with Gasteiger partial charge in [0, 0.05) is 37.3 Å². The summed E-state index contributed by atoms with van der Waals surface area (Å²) < 4.78 is 14.6. The molecule has 4 aromatic rings. The molecule has 0 bridgehead atoms. The van der Waals surface area contributed by atoms with Crippen molar-refractivity contribution in [1.82, 2.24) is 35.0 Å². The Morgan fingerprint density at radius 2 is 1.79 bits per heavy atom. The molecule has 5 rings (SSSR count). The molecule has 1 aliphatic heterocycles. The number of rotatable bonds is 4. The van der Waals surface area contributed by atoms with Gasteiger partial charge in [0.1, 0.15) is 5.56 Å². The molecular weight excluding hydrogens is 441 g/mol. The Morgan fingerprint density at radius 1 is 1.06 bits per heavy atom. The fraction of sp³-hybridized carbons (Fsp3) is 0.182. The minimum atomic E-state index is -0.610. The highest BCUT2D eigenvalue weighted by Gasteiger charge is 2.22. The summed E-state index contributed by atoms with van der Waals surface area (Å²) in [5.74, 6) is -1.30. The van der Waals surface area contributed by atoms with E-state index >= 15 is 0 Å². The van der Waals surface area contributed by atoms with Crippen molar-refractivity contribution in [3.63, 3.8) is 0 Å². The lowest BCUT2D eigenvalue weighted by molar-refractivity contribution is 0.0735. The van der Waals surface area contributed by atoms with Gasteiger partial charge in [0.15, 0.2) is 17.3 Å². The number of piperazine rings is 1. The van der Waals surface area contributed by atoms with Gasteiger partial charge in [-0.3, -0.25) is 9.59 Å². The van der Waals surface area contributed by atoms with E-state index in [0.717, 1.165) is 35.6 Å². The third kappa shape index (κ3) is 4.01. The maximum Gasteiger partial charge on any atom is 0.263 e. The van der Waals surface area contributed by atoms with E-state index in [2.05, 4.69) is 30.9 Å². The van der Waals surface area contributed by atoms with Crippen LogP contribution in [0.5, 0.6) is 0 Å². The molecule has 0 saturated carbocycles. The standard InChI is InChI=1S/C22H20FN9O2/c23-15-9-26-20-18(19(24)30-32(20)12-15)21(33)29-17-11-28-27-10-16(17)13-1-3-14(4-2-13)22(34)31-7-5-25-6-8-31/h1-4,9-12,25H,5-8H2,(H2,24,30)(H,27,29,33). The van der Waals surface area contributed by atoms with Crippen molar-refractivity contribution in [2.45, 2.75) is 0 Å². The van der Waals surface area contributed by atoms with Gasteiger partial charge in [0.2, 0.25) is 0 Å². The molecule has 0 radical (unpaired) electrons. The maximum absolute atomic E-state index is 13.4. The van der Waals surface area contributed by atoms with Crippen LogP contribution in [0.3, 0.4) is 0 Å². The van der Waals surface area contributed by atoms with Gasteiger partial charge in [-0.1, -0.05) is 12.1 Å². The number of amides is 2. The van der Waals surface area contributed by atoms with Crippen molar-refractivity contribution in [1.29, 1.82) is 0 Å². The molecule has 0 unspecified atom stereocenters. The number of nitrogens with one attached hydrogen (secondary N) is 2. The highest BCUT2D eigenvalue weighted by atomic mass is 19.1. The van der Waals surface area contributed by atoms with Crippen LogP contribution >= 0.6 is 0 Å². The molecule has 172 valence electrons. The van der Waals surface area contributed by atoms with Gasteiger partial charge in [0.05, 0.1) is 30.5 Å². The second-order valence-corrected chi connectivity index (χ2v) is 7.69. The minimum absolute atomic E-state index is 0.0136. The van der Waals surface area contributed by atoms with Crippen molar-refractivity contribution in [2.75, 3.05) is 37.2 Å². The quantitative estimate of drug-likeness (QED) is 0.411. The first kappa shape index (κ1) is 21.4. The second-order valence-electron chi connectivity index (χ2n) is 7.69. The van der Waals surface area contributed by atoms with E-state index in [1.54, 1.807) is 24.3 Å². The Kier molecular flexibility index (Phi) is 5.55. The van der Waals surface area contributed by atoms with Crippen molar-refractivity contribution in [3.8, 4) is 11.1 Å². The van der Waals surface area contributed by atoms with E-state index in [0.29, 0.717) is 29.9 Å². The van der Waals surface area contributed by atoms with Crippen LogP contribution in [0.1, 0.15) is 20.7 Å². The van der Waals surface area contributed by atoms with E-state index in [1.165, 1.54) is 12.4 Å². The van der Waals surface area contributed by atoms with Crippen LogP contribution < -0.4 is 16.4 Å². The number of nitrogens with two attached hydrogens (primary N) is 1. The summed E-state index contributed by atoms with van der Waals surface area (Å²) >= 11 is 0. The first-order valence-electron chi connectivity index (χ1n) is 10.5. The highest BCUT2D eigenvalue weighted by Crippen LogP contribution is 2.28. The van der Waals surface area contributed by atoms with E-state index < -0.39 is 11.7 Å². The fourth-order valence-corrected chi connectivity index (χ4v) is 3.83. The highest BCUT2D eigenvalue weighted by molar-refractivity contribution is 6.12. The first-order chi connectivity index (χ1) is 16.5. The summed E-state index contributed by atoms with van der Waals surface area (Å²) in [4.78, 5) is 31.5. The summed E-state index contributed by atoms with van der Waals surface area (Å²) in [7, 11) is 0.